The Kier molecular flexibility index (Phi) is 6.36. The van der Waals surface area contributed by atoms with Crippen molar-refractivity contribution < 1.29 is 22.7 Å². The molecule has 0 atom stereocenters. The molecule has 5 aromatic rings. The molecule has 1 aliphatic heterocycles. The van der Waals surface area contributed by atoms with Gasteiger partial charge in [0.25, 0.3) is 5.56 Å². The molecule has 0 radical (unpaired) electrons. The number of halogens is 3. The number of fused-ring (bicyclic) bond motifs is 3. The van der Waals surface area contributed by atoms with Crippen LogP contribution in [-0.2, 0) is 11.0 Å². The summed E-state index contributed by atoms with van der Waals surface area (Å²) < 4.78 is 49.4. The molecule has 10 nitrogen and oxygen atoms in total. The van der Waals surface area contributed by atoms with Crippen molar-refractivity contribution in [1.29, 1.82) is 0 Å². The highest BCUT2D eigenvalue weighted by atomic mass is 19.4. The number of nitrogens with zero attached hydrogens (tertiary/aromatic N) is 6. The Bertz CT molecular complexity index is 1840. The number of amides is 1. The Labute approximate surface area is 231 Å². The molecule has 1 N–H and O–H groups in total. The van der Waals surface area contributed by atoms with Crippen molar-refractivity contribution in [1.82, 2.24) is 29.9 Å². The fourth-order valence-corrected chi connectivity index (χ4v) is 5.16. The maximum absolute atomic E-state index is 14.3. The molecule has 1 saturated heterocycles. The number of aromatic amines is 1. The Balaban J connectivity index is 1.48. The first-order valence-corrected chi connectivity index (χ1v) is 12.8. The van der Waals surface area contributed by atoms with Gasteiger partial charge in [0.05, 0.1) is 23.9 Å². The molecule has 0 saturated carbocycles. The van der Waals surface area contributed by atoms with Crippen LogP contribution in [0.2, 0.25) is 0 Å². The first-order valence-electron chi connectivity index (χ1n) is 12.8. The minimum Gasteiger partial charge on any atom is -0.481 e. The summed E-state index contributed by atoms with van der Waals surface area (Å²) in [5.74, 6) is 0.343. The maximum Gasteiger partial charge on any atom is 0.418 e. The molecule has 2 aromatic carbocycles. The minimum atomic E-state index is -4.66. The van der Waals surface area contributed by atoms with Gasteiger partial charge >= 0.3 is 6.18 Å². The second-order valence-corrected chi connectivity index (χ2v) is 9.69. The number of benzene rings is 2. The molecule has 0 spiro atoms. The van der Waals surface area contributed by atoms with E-state index in [0.717, 1.165) is 17.2 Å². The van der Waals surface area contributed by atoms with Crippen LogP contribution in [0, 0.1) is 0 Å². The van der Waals surface area contributed by atoms with Crippen molar-refractivity contribution >= 4 is 33.5 Å². The van der Waals surface area contributed by atoms with Gasteiger partial charge in [0.15, 0.2) is 5.52 Å². The third kappa shape index (κ3) is 4.72. The minimum absolute atomic E-state index is 0.000459. The zero-order valence-corrected chi connectivity index (χ0v) is 22.1. The molecule has 13 heteroatoms. The standard InChI is InChI=1S/C28H24F3N7O3/c1-16(39)36-9-11-37(12-10-36)23-7-5-19(14-21(23)28(29,30)31)38-26-20-13-17(18-4-8-24(41-2)32-15-18)3-6-22(20)33-27(40)25(26)34-35-38/h3-8,13-15H,9-12H2,1-2H3,(H,33,40). The highest BCUT2D eigenvalue weighted by Crippen LogP contribution is 2.39. The molecule has 210 valence electrons. The number of rotatable bonds is 4. The number of H-pyrrole nitrogens is 1. The smallest absolute Gasteiger partial charge is 0.418 e. The number of carbonyl (C=O) groups is 1. The molecule has 0 bridgehead atoms. The number of hydrogen-bond donors (Lipinski definition) is 1. The Morgan fingerprint density at radius 2 is 1.76 bits per heavy atom. The molecule has 1 amide bonds. The van der Waals surface area contributed by atoms with E-state index in [4.69, 9.17) is 4.74 Å². The maximum atomic E-state index is 14.3. The van der Waals surface area contributed by atoms with Crippen LogP contribution in [0.25, 0.3) is 38.8 Å². The summed E-state index contributed by atoms with van der Waals surface area (Å²) in [5.41, 5.74) is 1.09. The molecule has 6 rings (SSSR count). The van der Waals surface area contributed by atoms with E-state index in [1.165, 1.54) is 30.8 Å². The third-order valence-corrected chi connectivity index (χ3v) is 7.28. The van der Waals surface area contributed by atoms with Crippen LogP contribution in [0.3, 0.4) is 0 Å². The van der Waals surface area contributed by atoms with Crippen LogP contribution in [-0.4, -0.2) is 69.1 Å². The predicted octanol–water partition coefficient (Wildman–Crippen LogP) is 4.02. The Morgan fingerprint density at radius 1 is 1.00 bits per heavy atom. The predicted molar refractivity (Wildman–Crippen MR) is 146 cm³/mol. The summed E-state index contributed by atoms with van der Waals surface area (Å²) in [7, 11) is 1.52. The second kappa shape index (κ2) is 9.91. The van der Waals surface area contributed by atoms with Crippen LogP contribution >= 0.6 is 0 Å². The first-order chi connectivity index (χ1) is 19.6. The van der Waals surface area contributed by atoms with E-state index in [-0.39, 0.29) is 41.4 Å². The lowest BCUT2D eigenvalue weighted by Gasteiger charge is -2.36. The van der Waals surface area contributed by atoms with Gasteiger partial charge in [-0.2, -0.15) is 13.2 Å². The normalized spacial score (nSPS) is 14.2. The van der Waals surface area contributed by atoms with E-state index in [2.05, 4.69) is 20.3 Å². The summed E-state index contributed by atoms with van der Waals surface area (Å²) in [6.45, 7) is 2.67. The Hall–Kier alpha value is -4.94. The highest BCUT2D eigenvalue weighted by molar-refractivity contribution is 6.04. The van der Waals surface area contributed by atoms with Gasteiger partial charge in [-0.1, -0.05) is 11.3 Å². The number of piperazine rings is 1. The van der Waals surface area contributed by atoms with Gasteiger partial charge in [-0.3, -0.25) is 9.59 Å². The third-order valence-electron chi connectivity index (χ3n) is 7.28. The molecule has 41 heavy (non-hydrogen) atoms. The van der Waals surface area contributed by atoms with Gasteiger partial charge < -0.3 is 19.5 Å². The van der Waals surface area contributed by atoms with Crippen LogP contribution in [0.1, 0.15) is 12.5 Å². The lowest BCUT2D eigenvalue weighted by atomic mass is 10.0. The number of aromatic nitrogens is 5. The lowest BCUT2D eigenvalue weighted by Crippen LogP contribution is -2.48. The van der Waals surface area contributed by atoms with Crippen molar-refractivity contribution in [2.24, 2.45) is 0 Å². The molecular formula is C28H24F3N7O3. The summed E-state index contributed by atoms with van der Waals surface area (Å²) in [6.07, 6.45) is -3.02. The fourth-order valence-electron chi connectivity index (χ4n) is 5.16. The van der Waals surface area contributed by atoms with E-state index < -0.39 is 17.3 Å². The van der Waals surface area contributed by atoms with E-state index >= 15 is 0 Å². The average molecular weight is 564 g/mol. The summed E-state index contributed by atoms with van der Waals surface area (Å²) in [4.78, 5) is 34.7. The second-order valence-electron chi connectivity index (χ2n) is 9.69. The van der Waals surface area contributed by atoms with Crippen molar-refractivity contribution in [3.63, 3.8) is 0 Å². The number of methoxy groups -OCH3 is 1. The molecule has 1 aliphatic rings. The molecule has 1 fully saturated rings. The van der Waals surface area contributed by atoms with Crippen LogP contribution in [0.15, 0.2) is 59.5 Å². The van der Waals surface area contributed by atoms with Gasteiger partial charge in [0.1, 0.15) is 5.52 Å². The van der Waals surface area contributed by atoms with Gasteiger partial charge in [-0.05, 0) is 42.0 Å². The number of hydrogen-bond acceptors (Lipinski definition) is 7. The number of carbonyl (C=O) groups excluding carboxylic acids is 1. The van der Waals surface area contributed by atoms with Gasteiger partial charge in [-0.25, -0.2) is 9.67 Å². The van der Waals surface area contributed by atoms with Crippen LogP contribution in [0.4, 0.5) is 18.9 Å². The molecule has 3 aromatic heterocycles. The van der Waals surface area contributed by atoms with Crippen LogP contribution < -0.4 is 15.2 Å². The molecule has 0 aliphatic carbocycles. The summed E-state index contributed by atoms with van der Waals surface area (Å²) >= 11 is 0. The van der Waals surface area contributed by atoms with Crippen molar-refractivity contribution in [2.45, 2.75) is 13.1 Å². The molecule has 0 unspecified atom stereocenters. The van der Waals surface area contributed by atoms with E-state index in [9.17, 15) is 22.8 Å². The number of nitrogens with one attached hydrogen (secondary N) is 1. The lowest BCUT2D eigenvalue weighted by molar-refractivity contribution is -0.137. The zero-order chi connectivity index (χ0) is 28.9. The Morgan fingerprint density at radius 3 is 2.41 bits per heavy atom. The monoisotopic (exact) mass is 563 g/mol. The molecular weight excluding hydrogens is 539 g/mol. The van der Waals surface area contributed by atoms with Gasteiger partial charge in [-0.15, -0.1) is 5.10 Å². The summed E-state index contributed by atoms with van der Waals surface area (Å²) in [6, 6.07) is 12.8. The van der Waals surface area contributed by atoms with Crippen molar-refractivity contribution in [2.75, 3.05) is 38.2 Å². The topological polar surface area (TPSA) is 109 Å². The highest BCUT2D eigenvalue weighted by Gasteiger charge is 2.36. The van der Waals surface area contributed by atoms with E-state index in [0.29, 0.717) is 29.9 Å². The van der Waals surface area contributed by atoms with Gasteiger partial charge in [0, 0.05) is 62.0 Å². The van der Waals surface area contributed by atoms with Crippen LogP contribution in [0.5, 0.6) is 5.88 Å². The number of pyridine rings is 2. The number of alkyl halides is 3. The van der Waals surface area contributed by atoms with E-state index in [1.54, 1.807) is 28.1 Å². The van der Waals surface area contributed by atoms with Gasteiger partial charge in [0.2, 0.25) is 11.8 Å². The molecule has 4 heterocycles. The first kappa shape index (κ1) is 26.3. The van der Waals surface area contributed by atoms with Crippen molar-refractivity contribution in [3.8, 4) is 22.7 Å². The largest absolute Gasteiger partial charge is 0.481 e. The van der Waals surface area contributed by atoms with E-state index in [1.807, 2.05) is 18.2 Å². The quantitative estimate of drug-likeness (QED) is 0.352. The van der Waals surface area contributed by atoms with Crippen molar-refractivity contribution in [3.05, 3.63) is 70.6 Å². The summed E-state index contributed by atoms with van der Waals surface area (Å²) in [5, 5.41) is 8.65. The average Bonchev–Trinajstić information content (AvgIpc) is 3.43. The SMILES string of the molecule is COc1ccc(-c2ccc3[nH]c(=O)c4nnn(-c5ccc(N6CCN(C(C)=O)CC6)c(C(F)(F)F)c5)c4c3c2)cn1. The number of anilines is 1. The zero-order valence-electron chi connectivity index (χ0n) is 22.1. The fraction of sp³-hybridized carbons (Fsp3) is 0.250. The number of ether oxygens (including phenoxy) is 1.